The maximum absolute atomic E-state index is 12.1. The van der Waals surface area contributed by atoms with Gasteiger partial charge in [0.25, 0.3) is 0 Å². The zero-order chi connectivity index (χ0) is 19.8. The van der Waals surface area contributed by atoms with Crippen molar-refractivity contribution in [1.82, 2.24) is 15.4 Å². The molecule has 0 fully saturated rings. The van der Waals surface area contributed by atoms with Gasteiger partial charge in [0.15, 0.2) is 5.82 Å². The second kappa shape index (κ2) is 9.62. The van der Waals surface area contributed by atoms with E-state index in [9.17, 15) is 18.4 Å². The maximum Gasteiger partial charge on any atom is 0.387 e. The summed E-state index contributed by atoms with van der Waals surface area (Å²) >= 11 is 0. The van der Waals surface area contributed by atoms with Crippen LogP contribution in [0, 0.1) is 6.92 Å². The van der Waals surface area contributed by atoms with Gasteiger partial charge in [-0.05, 0) is 31.7 Å². The van der Waals surface area contributed by atoms with Crippen molar-refractivity contribution in [3.63, 3.8) is 0 Å². The number of anilines is 1. The van der Waals surface area contributed by atoms with E-state index in [1.807, 2.05) is 0 Å². The molecule has 0 atom stereocenters. The van der Waals surface area contributed by atoms with Gasteiger partial charge >= 0.3 is 6.61 Å². The van der Waals surface area contributed by atoms with E-state index < -0.39 is 6.61 Å². The highest BCUT2D eigenvalue weighted by atomic mass is 19.3. The summed E-state index contributed by atoms with van der Waals surface area (Å²) in [5.74, 6) is 0.332. The lowest BCUT2D eigenvalue weighted by Gasteiger charge is -2.15. The summed E-state index contributed by atoms with van der Waals surface area (Å²) in [5, 5.41) is 8.90. The number of amides is 2. The van der Waals surface area contributed by atoms with Crippen LogP contribution in [0.15, 0.2) is 34.9 Å². The van der Waals surface area contributed by atoms with Crippen molar-refractivity contribution in [2.45, 2.75) is 20.1 Å². The van der Waals surface area contributed by atoms with E-state index in [2.05, 4.69) is 20.5 Å². The monoisotopic (exact) mass is 382 g/mol. The van der Waals surface area contributed by atoms with E-state index in [1.165, 1.54) is 17.0 Å². The molecule has 2 amide bonds. The molecule has 146 valence electrons. The van der Waals surface area contributed by atoms with Crippen LogP contribution in [-0.2, 0) is 16.1 Å². The van der Waals surface area contributed by atoms with Crippen molar-refractivity contribution < 1.29 is 27.6 Å². The highest BCUT2D eigenvalue weighted by Gasteiger charge is 2.12. The molecule has 1 aromatic heterocycles. The van der Waals surface area contributed by atoms with Gasteiger partial charge in [-0.25, -0.2) is 0 Å². The maximum atomic E-state index is 12.1. The Hall–Kier alpha value is -3.01. The molecule has 2 N–H and O–H groups in total. The Bertz CT molecular complexity index is 765. The molecular weight excluding hydrogens is 362 g/mol. The highest BCUT2D eigenvalue weighted by Crippen LogP contribution is 2.14. The van der Waals surface area contributed by atoms with Crippen LogP contribution in [0.25, 0.3) is 0 Å². The summed E-state index contributed by atoms with van der Waals surface area (Å²) < 4.78 is 33.3. The van der Waals surface area contributed by atoms with Crippen molar-refractivity contribution in [2.75, 3.05) is 25.5 Å². The first-order valence-corrected chi connectivity index (χ1v) is 8.04. The van der Waals surface area contributed by atoms with Gasteiger partial charge in [-0.3, -0.25) is 14.5 Å². The molecule has 2 aromatic rings. The zero-order valence-corrected chi connectivity index (χ0v) is 14.9. The number of halogens is 2. The van der Waals surface area contributed by atoms with Crippen LogP contribution in [0.4, 0.5) is 14.6 Å². The molecule has 0 aliphatic heterocycles. The van der Waals surface area contributed by atoms with Gasteiger partial charge in [0, 0.05) is 12.6 Å². The molecule has 2 rings (SSSR count). The molecule has 0 aliphatic carbocycles. The highest BCUT2D eigenvalue weighted by molar-refractivity contribution is 5.91. The molecule has 0 unspecified atom stereocenters. The van der Waals surface area contributed by atoms with Crippen LogP contribution in [0.5, 0.6) is 5.75 Å². The van der Waals surface area contributed by atoms with Gasteiger partial charge in [0.2, 0.25) is 11.8 Å². The lowest BCUT2D eigenvalue weighted by molar-refractivity contribution is -0.123. The van der Waals surface area contributed by atoms with E-state index in [0.717, 1.165) is 5.56 Å². The van der Waals surface area contributed by atoms with Crippen LogP contribution in [0.1, 0.15) is 11.3 Å². The number of aromatic nitrogens is 1. The lowest BCUT2D eigenvalue weighted by Crippen LogP contribution is -2.38. The van der Waals surface area contributed by atoms with Crippen LogP contribution in [-0.4, -0.2) is 48.6 Å². The molecule has 0 bridgehead atoms. The molecule has 27 heavy (non-hydrogen) atoms. The third-order valence-electron chi connectivity index (χ3n) is 3.36. The summed E-state index contributed by atoms with van der Waals surface area (Å²) in [6, 6.07) is 7.54. The number of aryl methyl sites for hydroxylation is 1. The molecule has 0 aliphatic rings. The quantitative estimate of drug-likeness (QED) is 0.686. The number of ether oxygens (including phenoxy) is 1. The fourth-order valence-corrected chi connectivity index (χ4v) is 2.20. The predicted octanol–water partition coefficient (Wildman–Crippen LogP) is 1.77. The molecule has 10 heteroatoms. The minimum atomic E-state index is -2.88. The molecule has 0 saturated heterocycles. The number of hydrogen-bond donors (Lipinski definition) is 2. The van der Waals surface area contributed by atoms with Crippen molar-refractivity contribution in [2.24, 2.45) is 0 Å². The van der Waals surface area contributed by atoms with Crippen LogP contribution in [0.2, 0.25) is 0 Å². The Kier molecular flexibility index (Phi) is 7.24. The fraction of sp³-hybridized carbons (Fsp3) is 0.353. The topological polar surface area (TPSA) is 96.7 Å². The molecule has 1 aromatic carbocycles. The van der Waals surface area contributed by atoms with E-state index in [1.54, 1.807) is 32.2 Å². The largest absolute Gasteiger partial charge is 0.435 e. The van der Waals surface area contributed by atoms with Crippen molar-refractivity contribution in [3.05, 3.63) is 41.7 Å². The van der Waals surface area contributed by atoms with E-state index in [4.69, 9.17) is 4.52 Å². The number of carbonyl (C=O) groups excluding carboxylic acids is 2. The standard InChI is InChI=1S/C17H20F2N4O4/c1-11-7-14(22-27-11)21-16(25)10-23(2)9-15(24)20-8-12-3-5-13(6-4-12)26-17(18)19/h3-7,17H,8-10H2,1-2H3,(H,20,24)(H,21,22,25). The first kappa shape index (κ1) is 20.3. The molecule has 0 radical (unpaired) electrons. The average Bonchev–Trinajstić information content (AvgIpc) is 2.98. The Morgan fingerprint density at radius 1 is 1.22 bits per heavy atom. The number of alkyl halides is 2. The molecule has 0 spiro atoms. The fourth-order valence-electron chi connectivity index (χ4n) is 2.20. The normalized spacial score (nSPS) is 10.9. The Balaban J connectivity index is 1.70. The first-order valence-electron chi connectivity index (χ1n) is 8.04. The third kappa shape index (κ3) is 7.40. The summed E-state index contributed by atoms with van der Waals surface area (Å²) in [5.41, 5.74) is 0.728. The summed E-state index contributed by atoms with van der Waals surface area (Å²) in [6.07, 6.45) is 0. The van der Waals surface area contributed by atoms with E-state index in [0.29, 0.717) is 11.6 Å². The second-order valence-corrected chi connectivity index (χ2v) is 5.84. The Labute approximate surface area is 154 Å². The smallest absolute Gasteiger partial charge is 0.387 e. The lowest BCUT2D eigenvalue weighted by atomic mass is 10.2. The predicted molar refractivity (Wildman–Crippen MR) is 92.3 cm³/mol. The van der Waals surface area contributed by atoms with Gasteiger partial charge in [0.1, 0.15) is 11.5 Å². The minimum absolute atomic E-state index is 0.00100. The Morgan fingerprint density at radius 3 is 2.48 bits per heavy atom. The van der Waals surface area contributed by atoms with Crippen LogP contribution in [0.3, 0.4) is 0 Å². The van der Waals surface area contributed by atoms with Crippen molar-refractivity contribution in [3.8, 4) is 5.75 Å². The number of nitrogens with zero attached hydrogens (tertiary/aromatic N) is 2. The first-order chi connectivity index (χ1) is 12.8. The number of carbonyl (C=O) groups is 2. The minimum Gasteiger partial charge on any atom is -0.435 e. The van der Waals surface area contributed by atoms with E-state index in [-0.39, 0.29) is 37.2 Å². The van der Waals surface area contributed by atoms with Crippen molar-refractivity contribution >= 4 is 17.6 Å². The molecular formula is C17H20F2N4O4. The number of likely N-dealkylation sites (N-methyl/N-ethyl adjacent to an activating group) is 1. The second-order valence-electron chi connectivity index (χ2n) is 5.84. The molecule has 1 heterocycles. The third-order valence-corrected chi connectivity index (χ3v) is 3.36. The van der Waals surface area contributed by atoms with Gasteiger partial charge in [0.05, 0.1) is 13.1 Å². The SMILES string of the molecule is Cc1cc(NC(=O)CN(C)CC(=O)NCc2ccc(OC(F)F)cc2)no1. The number of nitrogens with one attached hydrogen (secondary N) is 2. The Morgan fingerprint density at radius 2 is 1.89 bits per heavy atom. The molecule has 8 nitrogen and oxygen atoms in total. The van der Waals surface area contributed by atoms with Gasteiger partial charge in [-0.15, -0.1) is 0 Å². The summed E-state index contributed by atoms with van der Waals surface area (Å²) in [4.78, 5) is 25.4. The zero-order valence-electron chi connectivity index (χ0n) is 14.9. The van der Waals surface area contributed by atoms with Crippen molar-refractivity contribution in [1.29, 1.82) is 0 Å². The van der Waals surface area contributed by atoms with Gasteiger partial charge in [-0.1, -0.05) is 17.3 Å². The number of rotatable bonds is 9. The number of benzene rings is 1. The number of hydrogen-bond acceptors (Lipinski definition) is 6. The van der Waals surface area contributed by atoms with E-state index >= 15 is 0 Å². The average molecular weight is 382 g/mol. The van der Waals surface area contributed by atoms with Gasteiger partial charge in [-0.2, -0.15) is 8.78 Å². The summed E-state index contributed by atoms with van der Waals surface area (Å²) in [7, 11) is 1.63. The van der Waals surface area contributed by atoms with Crippen LogP contribution < -0.4 is 15.4 Å². The van der Waals surface area contributed by atoms with Gasteiger partial charge < -0.3 is 19.9 Å². The van der Waals surface area contributed by atoms with Crippen LogP contribution >= 0.6 is 0 Å². The summed E-state index contributed by atoms with van der Waals surface area (Å²) in [6.45, 7) is -0.932. The molecule has 0 saturated carbocycles.